The summed E-state index contributed by atoms with van der Waals surface area (Å²) in [5, 5.41) is 0. The van der Waals surface area contributed by atoms with E-state index in [9.17, 15) is 14.0 Å². The molecule has 1 aliphatic rings. The molecule has 0 radical (unpaired) electrons. The lowest BCUT2D eigenvalue weighted by atomic mass is 9.91. The van der Waals surface area contributed by atoms with Crippen LogP contribution in [-0.4, -0.2) is 36.0 Å². The number of hydrogen-bond acceptors (Lipinski definition) is 2. The van der Waals surface area contributed by atoms with Crippen LogP contribution in [0.2, 0.25) is 0 Å². The first kappa shape index (κ1) is 13.5. The van der Waals surface area contributed by atoms with Crippen molar-refractivity contribution in [2.75, 3.05) is 13.1 Å². The molecule has 0 aromatic heterocycles. The predicted octanol–water partition coefficient (Wildman–Crippen LogP) is 1.36. The van der Waals surface area contributed by atoms with E-state index in [1.807, 2.05) is 18.2 Å². The number of benzene rings is 1. The monoisotopic (exact) mass is 264 g/mol. The maximum Gasteiger partial charge on any atom is 0.253 e. The highest BCUT2D eigenvalue weighted by Gasteiger charge is 2.31. The molecule has 5 heteroatoms. The van der Waals surface area contributed by atoms with E-state index in [2.05, 4.69) is 0 Å². The minimum Gasteiger partial charge on any atom is -0.367 e. The maximum absolute atomic E-state index is 13.5. The summed E-state index contributed by atoms with van der Waals surface area (Å²) in [6.07, 6.45) is -0.653. The molecular formula is C14H17FN2O2. The molecule has 1 saturated heterocycles. The van der Waals surface area contributed by atoms with Crippen molar-refractivity contribution in [3.63, 3.8) is 0 Å². The molecule has 2 N–H and O–H groups in total. The average Bonchev–Trinajstić information content (AvgIpc) is 2.46. The van der Waals surface area contributed by atoms with Crippen molar-refractivity contribution in [2.24, 2.45) is 11.7 Å². The molecule has 0 bridgehead atoms. The first-order valence-corrected chi connectivity index (χ1v) is 6.37. The van der Waals surface area contributed by atoms with Crippen LogP contribution in [0.5, 0.6) is 0 Å². The van der Waals surface area contributed by atoms with E-state index in [4.69, 9.17) is 5.73 Å². The maximum atomic E-state index is 13.5. The van der Waals surface area contributed by atoms with E-state index < -0.39 is 12.1 Å². The van der Waals surface area contributed by atoms with E-state index in [0.29, 0.717) is 31.5 Å². The number of hydrogen-bond donors (Lipinski definition) is 1. The lowest BCUT2D eigenvalue weighted by molar-refractivity contribution is -0.125. The van der Waals surface area contributed by atoms with E-state index >= 15 is 0 Å². The molecule has 1 atom stereocenters. The number of carbonyl (C=O) groups is 2. The minimum absolute atomic E-state index is 0.0477. The van der Waals surface area contributed by atoms with Gasteiger partial charge in [-0.15, -0.1) is 0 Å². The van der Waals surface area contributed by atoms with Crippen LogP contribution in [-0.2, 0) is 4.79 Å². The number of carbonyl (C=O) groups excluding carboxylic acids is 2. The van der Waals surface area contributed by atoms with Crippen molar-refractivity contribution in [1.82, 2.24) is 4.90 Å². The van der Waals surface area contributed by atoms with Gasteiger partial charge in [-0.3, -0.25) is 9.59 Å². The number of likely N-dealkylation sites (tertiary alicyclic amines) is 1. The number of nitrogens with zero attached hydrogens (tertiary/aromatic N) is 1. The fraction of sp³-hybridized carbons (Fsp3) is 0.429. The third kappa shape index (κ3) is 3.10. The number of rotatable bonds is 3. The standard InChI is InChI=1S/C14H17FN2O2/c15-12(13(16)18)10-6-8-17(9-7-10)14(19)11-4-2-1-3-5-11/h1-5,10,12H,6-9H2,(H2,16,18). The van der Waals surface area contributed by atoms with Gasteiger partial charge in [-0.2, -0.15) is 0 Å². The summed E-state index contributed by atoms with van der Waals surface area (Å²) >= 11 is 0. The van der Waals surface area contributed by atoms with Gasteiger partial charge >= 0.3 is 0 Å². The second-order valence-electron chi connectivity index (χ2n) is 4.80. The first-order chi connectivity index (χ1) is 9.09. The smallest absolute Gasteiger partial charge is 0.253 e. The number of nitrogens with two attached hydrogens (primary N) is 1. The van der Waals surface area contributed by atoms with E-state index in [-0.39, 0.29) is 11.8 Å². The van der Waals surface area contributed by atoms with Crippen LogP contribution < -0.4 is 5.73 Å². The number of halogens is 1. The van der Waals surface area contributed by atoms with Crippen LogP contribution in [0.3, 0.4) is 0 Å². The zero-order valence-corrected chi connectivity index (χ0v) is 10.6. The summed E-state index contributed by atoms with van der Waals surface area (Å²) in [5.74, 6) is -1.32. The second kappa shape index (κ2) is 5.82. The average molecular weight is 264 g/mol. The highest BCUT2D eigenvalue weighted by Crippen LogP contribution is 2.23. The minimum atomic E-state index is -1.60. The van der Waals surface area contributed by atoms with E-state index in [0.717, 1.165) is 0 Å². The first-order valence-electron chi connectivity index (χ1n) is 6.37. The molecule has 2 rings (SSSR count). The second-order valence-corrected chi connectivity index (χ2v) is 4.80. The van der Waals surface area contributed by atoms with Gasteiger partial charge in [-0.25, -0.2) is 4.39 Å². The normalized spacial score (nSPS) is 18.1. The quantitative estimate of drug-likeness (QED) is 0.896. The van der Waals surface area contributed by atoms with Crippen LogP contribution in [0.15, 0.2) is 30.3 Å². The third-order valence-corrected chi connectivity index (χ3v) is 3.53. The lowest BCUT2D eigenvalue weighted by Crippen LogP contribution is -2.43. The largest absolute Gasteiger partial charge is 0.367 e. The van der Waals surface area contributed by atoms with Crippen molar-refractivity contribution in [3.8, 4) is 0 Å². The van der Waals surface area contributed by atoms with Crippen molar-refractivity contribution in [1.29, 1.82) is 0 Å². The van der Waals surface area contributed by atoms with Gasteiger partial charge in [0.05, 0.1) is 0 Å². The van der Waals surface area contributed by atoms with Gasteiger partial charge in [0.2, 0.25) is 0 Å². The fourth-order valence-corrected chi connectivity index (χ4v) is 2.39. The number of piperidine rings is 1. The Bertz CT molecular complexity index is 456. The predicted molar refractivity (Wildman–Crippen MR) is 69.2 cm³/mol. The lowest BCUT2D eigenvalue weighted by Gasteiger charge is -2.32. The van der Waals surface area contributed by atoms with Crippen molar-refractivity contribution in [2.45, 2.75) is 19.0 Å². The third-order valence-electron chi connectivity index (χ3n) is 3.53. The zero-order chi connectivity index (χ0) is 13.8. The van der Waals surface area contributed by atoms with Gasteiger partial charge in [-0.1, -0.05) is 18.2 Å². The van der Waals surface area contributed by atoms with Crippen LogP contribution in [0.1, 0.15) is 23.2 Å². The van der Waals surface area contributed by atoms with Crippen LogP contribution in [0.4, 0.5) is 4.39 Å². The molecule has 0 spiro atoms. The SMILES string of the molecule is NC(=O)C(F)C1CCN(C(=O)c2ccccc2)CC1. The Morgan fingerprint density at radius 1 is 1.21 bits per heavy atom. The Morgan fingerprint density at radius 3 is 2.32 bits per heavy atom. The number of amides is 2. The highest BCUT2D eigenvalue weighted by atomic mass is 19.1. The van der Waals surface area contributed by atoms with Gasteiger partial charge in [0, 0.05) is 24.6 Å². The Morgan fingerprint density at radius 2 is 1.79 bits per heavy atom. The van der Waals surface area contributed by atoms with Crippen molar-refractivity contribution < 1.29 is 14.0 Å². The Kier molecular flexibility index (Phi) is 4.14. The van der Waals surface area contributed by atoms with Crippen LogP contribution in [0.25, 0.3) is 0 Å². The van der Waals surface area contributed by atoms with E-state index in [1.54, 1.807) is 17.0 Å². The molecule has 1 aliphatic heterocycles. The van der Waals surface area contributed by atoms with Gasteiger partial charge in [-0.05, 0) is 25.0 Å². The summed E-state index contributed by atoms with van der Waals surface area (Å²) < 4.78 is 13.5. The molecule has 1 heterocycles. The number of alkyl halides is 1. The van der Waals surface area contributed by atoms with Gasteiger partial charge in [0.15, 0.2) is 6.17 Å². The summed E-state index contributed by atoms with van der Waals surface area (Å²) in [6, 6.07) is 8.99. The molecule has 1 aromatic rings. The molecule has 0 aliphatic carbocycles. The summed E-state index contributed by atoms with van der Waals surface area (Å²) in [7, 11) is 0. The topological polar surface area (TPSA) is 63.4 Å². The summed E-state index contributed by atoms with van der Waals surface area (Å²) in [4.78, 5) is 24.6. The molecule has 1 aromatic carbocycles. The fourth-order valence-electron chi connectivity index (χ4n) is 2.39. The molecule has 1 fully saturated rings. The number of primary amides is 1. The summed E-state index contributed by atoms with van der Waals surface area (Å²) in [5.41, 5.74) is 5.59. The molecule has 102 valence electrons. The van der Waals surface area contributed by atoms with E-state index in [1.165, 1.54) is 0 Å². The molecule has 19 heavy (non-hydrogen) atoms. The Hall–Kier alpha value is -1.91. The highest BCUT2D eigenvalue weighted by molar-refractivity contribution is 5.94. The molecular weight excluding hydrogens is 247 g/mol. The van der Waals surface area contributed by atoms with Crippen molar-refractivity contribution in [3.05, 3.63) is 35.9 Å². The van der Waals surface area contributed by atoms with Gasteiger partial charge in [0.25, 0.3) is 11.8 Å². The molecule has 1 unspecified atom stereocenters. The Balaban J connectivity index is 1.93. The Labute approximate surface area is 111 Å². The van der Waals surface area contributed by atoms with Crippen LogP contribution in [0, 0.1) is 5.92 Å². The molecule has 0 saturated carbocycles. The molecule has 4 nitrogen and oxygen atoms in total. The van der Waals surface area contributed by atoms with Gasteiger partial charge in [0.1, 0.15) is 0 Å². The van der Waals surface area contributed by atoms with Gasteiger partial charge < -0.3 is 10.6 Å². The van der Waals surface area contributed by atoms with Crippen molar-refractivity contribution >= 4 is 11.8 Å². The molecule has 2 amide bonds. The summed E-state index contributed by atoms with van der Waals surface area (Å²) in [6.45, 7) is 0.929. The zero-order valence-electron chi connectivity index (χ0n) is 10.6. The van der Waals surface area contributed by atoms with Crippen LogP contribution >= 0.6 is 0 Å².